The molecule has 2 fully saturated rings. The Morgan fingerprint density at radius 1 is 1.29 bits per heavy atom. The molecule has 1 saturated heterocycles. The van der Waals surface area contributed by atoms with Crippen molar-refractivity contribution in [3.8, 4) is 0 Å². The highest BCUT2D eigenvalue weighted by Crippen LogP contribution is 2.47. The minimum atomic E-state index is -0.455. The zero-order chi connectivity index (χ0) is 24.6. The second-order valence-electron chi connectivity index (χ2n) is 9.36. The smallest absolute Gasteiger partial charge is 0.256 e. The highest BCUT2D eigenvalue weighted by Gasteiger charge is 2.49. The highest BCUT2D eigenvalue weighted by molar-refractivity contribution is 6.34. The molecule has 3 aromatic rings. The summed E-state index contributed by atoms with van der Waals surface area (Å²) in [5, 5.41) is 7.63. The van der Waals surface area contributed by atoms with Gasteiger partial charge in [0, 0.05) is 32.1 Å². The maximum Gasteiger partial charge on any atom is 0.256 e. The summed E-state index contributed by atoms with van der Waals surface area (Å²) in [5.74, 6) is -0.605. The number of rotatable bonds is 6. The number of ether oxygens (including phenoxy) is 1. The maximum atomic E-state index is 13.4. The number of carbonyl (C=O) groups excluding carboxylic acids is 2. The Hall–Kier alpha value is -3.04. The van der Waals surface area contributed by atoms with Crippen LogP contribution in [0.3, 0.4) is 0 Å². The fourth-order valence-electron chi connectivity index (χ4n) is 5.21. The Kier molecular flexibility index (Phi) is 6.46. The molecule has 0 bridgehead atoms. The molecule has 1 aliphatic carbocycles. The third kappa shape index (κ3) is 4.50. The van der Waals surface area contributed by atoms with E-state index in [1.165, 1.54) is 18.3 Å². The van der Waals surface area contributed by atoms with Crippen molar-refractivity contribution in [3.63, 3.8) is 0 Å². The molecule has 2 aliphatic rings. The summed E-state index contributed by atoms with van der Waals surface area (Å²) >= 11 is 6.21. The number of nitrogens with one attached hydrogen (secondary N) is 1. The number of carbonyl (C=O) groups is 2. The van der Waals surface area contributed by atoms with E-state index in [1.807, 2.05) is 6.20 Å². The van der Waals surface area contributed by atoms with Crippen LogP contribution in [0.5, 0.6) is 0 Å². The van der Waals surface area contributed by atoms with Crippen LogP contribution in [0.15, 0.2) is 36.8 Å². The van der Waals surface area contributed by atoms with Crippen LogP contribution >= 0.6 is 11.6 Å². The lowest BCUT2D eigenvalue weighted by Crippen LogP contribution is -2.43. The molecule has 10 heteroatoms. The standard InChI is InChI=1S/C25H27ClFN5O3/c1-35-11-6-16-13-28-22-19(14-29-32(22)15-16)23(33)30-18-4-7-25(8-5-18)9-10-31(24(25)34)21-3-2-17(27)12-20(21)26/h2-3,12-15,18H,4-11H2,1H3,(H,30,33)/t18-,25-. The van der Waals surface area contributed by atoms with Crippen LogP contribution in [0.4, 0.5) is 10.1 Å². The van der Waals surface area contributed by atoms with Crippen molar-refractivity contribution in [3.05, 3.63) is 58.8 Å². The van der Waals surface area contributed by atoms with Gasteiger partial charge in [-0.05, 0) is 62.3 Å². The molecule has 35 heavy (non-hydrogen) atoms. The number of methoxy groups -OCH3 is 1. The molecule has 1 aromatic carbocycles. The summed E-state index contributed by atoms with van der Waals surface area (Å²) in [6, 6.07) is 4.09. The van der Waals surface area contributed by atoms with Crippen LogP contribution in [0.1, 0.15) is 48.0 Å². The largest absolute Gasteiger partial charge is 0.384 e. The van der Waals surface area contributed by atoms with E-state index in [0.717, 1.165) is 12.0 Å². The molecule has 8 nitrogen and oxygen atoms in total. The van der Waals surface area contributed by atoms with Gasteiger partial charge in [0.25, 0.3) is 5.91 Å². The van der Waals surface area contributed by atoms with E-state index < -0.39 is 11.2 Å². The van der Waals surface area contributed by atoms with Crippen molar-refractivity contribution in [2.24, 2.45) is 5.41 Å². The minimum absolute atomic E-state index is 0.0275. The number of hydrogen-bond acceptors (Lipinski definition) is 5. The molecule has 2 amide bonds. The van der Waals surface area contributed by atoms with Gasteiger partial charge >= 0.3 is 0 Å². The van der Waals surface area contributed by atoms with Gasteiger partial charge in [0.1, 0.15) is 11.4 Å². The van der Waals surface area contributed by atoms with Crippen molar-refractivity contribution >= 4 is 34.7 Å². The molecule has 1 N–H and O–H groups in total. The molecule has 5 rings (SSSR count). The van der Waals surface area contributed by atoms with Crippen molar-refractivity contribution in [1.82, 2.24) is 19.9 Å². The Morgan fingerprint density at radius 2 is 2.09 bits per heavy atom. The highest BCUT2D eigenvalue weighted by atomic mass is 35.5. The van der Waals surface area contributed by atoms with E-state index in [4.69, 9.17) is 16.3 Å². The molecular formula is C25H27ClFN5O3. The number of benzene rings is 1. The first-order valence-corrected chi connectivity index (χ1v) is 12.2. The van der Waals surface area contributed by atoms with Gasteiger partial charge in [-0.1, -0.05) is 11.6 Å². The van der Waals surface area contributed by atoms with E-state index in [-0.39, 0.29) is 22.9 Å². The molecule has 2 aromatic heterocycles. The van der Waals surface area contributed by atoms with Crippen LogP contribution in [-0.4, -0.2) is 52.7 Å². The van der Waals surface area contributed by atoms with Gasteiger partial charge in [-0.25, -0.2) is 13.9 Å². The first-order chi connectivity index (χ1) is 16.9. The van der Waals surface area contributed by atoms with Crippen LogP contribution in [0, 0.1) is 11.2 Å². The second-order valence-corrected chi connectivity index (χ2v) is 9.77. The van der Waals surface area contributed by atoms with Gasteiger partial charge in [-0.2, -0.15) is 5.10 Å². The van der Waals surface area contributed by atoms with E-state index in [0.29, 0.717) is 62.2 Å². The molecule has 184 valence electrons. The average Bonchev–Trinajstić information content (AvgIpc) is 3.41. The lowest BCUT2D eigenvalue weighted by atomic mass is 9.71. The predicted octanol–water partition coefficient (Wildman–Crippen LogP) is 3.81. The first-order valence-electron chi connectivity index (χ1n) is 11.8. The zero-order valence-corrected chi connectivity index (χ0v) is 20.2. The number of aromatic nitrogens is 3. The number of anilines is 1. The molecule has 0 radical (unpaired) electrons. The zero-order valence-electron chi connectivity index (χ0n) is 19.5. The molecule has 1 spiro atoms. The summed E-state index contributed by atoms with van der Waals surface area (Å²) < 4.78 is 20.2. The molecule has 1 aliphatic heterocycles. The fraction of sp³-hybridized carbons (Fsp3) is 0.440. The van der Waals surface area contributed by atoms with Crippen molar-refractivity contribution in [2.45, 2.75) is 44.6 Å². The van der Waals surface area contributed by atoms with E-state index >= 15 is 0 Å². The summed E-state index contributed by atoms with van der Waals surface area (Å²) in [4.78, 5) is 32.4. The normalized spacial score (nSPS) is 22.3. The molecule has 0 unspecified atom stereocenters. The number of hydrogen-bond donors (Lipinski definition) is 1. The Labute approximate surface area is 207 Å². The van der Waals surface area contributed by atoms with Crippen LogP contribution in [-0.2, 0) is 16.0 Å². The van der Waals surface area contributed by atoms with Gasteiger partial charge in [-0.3, -0.25) is 9.59 Å². The third-order valence-electron chi connectivity index (χ3n) is 7.24. The van der Waals surface area contributed by atoms with Crippen LogP contribution in [0.2, 0.25) is 5.02 Å². The van der Waals surface area contributed by atoms with Gasteiger partial charge in [0.15, 0.2) is 5.65 Å². The fourth-order valence-corrected chi connectivity index (χ4v) is 5.48. The second kappa shape index (κ2) is 9.54. The van der Waals surface area contributed by atoms with Gasteiger partial charge in [-0.15, -0.1) is 0 Å². The van der Waals surface area contributed by atoms with Gasteiger partial charge in [0.2, 0.25) is 5.91 Å². The molecule has 3 heterocycles. The number of halogens is 2. The number of fused-ring (bicyclic) bond motifs is 1. The Morgan fingerprint density at radius 3 is 2.83 bits per heavy atom. The number of amides is 2. The van der Waals surface area contributed by atoms with Gasteiger partial charge < -0.3 is 15.0 Å². The monoisotopic (exact) mass is 499 g/mol. The topological polar surface area (TPSA) is 88.8 Å². The SMILES string of the molecule is COCCc1cnc2c(C(=O)N[C@H]3CC[C@@]4(CCN(c5ccc(F)cc5Cl)C4=O)CC3)cnn2c1. The summed E-state index contributed by atoms with van der Waals surface area (Å²) in [6.07, 6.45) is 9.34. The predicted molar refractivity (Wildman–Crippen MR) is 129 cm³/mol. The molecule has 0 atom stereocenters. The molecule has 1 saturated carbocycles. The van der Waals surface area contributed by atoms with E-state index in [2.05, 4.69) is 15.4 Å². The first kappa shape index (κ1) is 23.7. The average molecular weight is 500 g/mol. The summed E-state index contributed by atoms with van der Waals surface area (Å²) in [6.45, 7) is 1.14. The van der Waals surface area contributed by atoms with Crippen LogP contribution in [0.25, 0.3) is 5.65 Å². The van der Waals surface area contributed by atoms with Crippen LogP contribution < -0.4 is 10.2 Å². The minimum Gasteiger partial charge on any atom is -0.384 e. The third-order valence-corrected chi connectivity index (χ3v) is 7.54. The summed E-state index contributed by atoms with van der Waals surface area (Å²) in [7, 11) is 1.65. The van der Waals surface area contributed by atoms with Crippen molar-refractivity contribution in [2.75, 3.05) is 25.2 Å². The Balaban J connectivity index is 1.22. The summed E-state index contributed by atoms with van der Waals surface area (Å²) in [5.41, 5.74) is 2.01. The number of nitrogens with zero attached hydrogens (tertiary/aromatic N) is 4. The van der Waals surface area contributed by atoms with Gasteiger partial charge in [0.05, 0.1) is 28.9 Å². The lowest BCUT2D eigenvalue weighted by Gasteiger charge is -2.36. The van der Waals surface area contributed by atoms with E-state index in [1.54, 1.807) is 28.8 Å². The molecular weight excluding hydrogens is 473 g/mol. The van der Waals surface area contributed by atoms with E-state index in [9.17, 15) is 14.0 Å². The quantitative estimate of drug-likeness (QED) is 0.557. The lowest BCUT2D eigenvalue weighted by molar-refractivity contribution is -0.127. The van der Waals surface area contributed by atoms with Crippen molar-refractivity contribution in [1.29, 1.82) is 0 Å². The maximum absolute atomic E-state index is 13.4. The Bertz CT molecular complexity index is 1270. The van der Waals surface area contributed by atoms with Crippen molar-refractivity contribution < 1.29 is 18.7 Å².